The highest BCUT2D eigenvalue weighted by Crippen LogP contribution is 2.22. The average Bonchev–Trinajstić information content (AvgIpc) is 2.44. The Labute approximate surface area is 128 Å². The second kappa shape index (κ2) is 6.22. The van der Waals surface area contributed by atoms with Gasteiger partial charge in [0.25, 0.3) is 0 Å². The van der Waals surface area contributed by atoms with E-state index in [0.717, 1.165) is 34.6 Å². The number of nitrogen functional groups attached to an aromatic ring is 1. The molecule has 0 aliphatic heterocycles. The fraction of sp³-hybridized carbons (Fsp3) is 0.333. The summed E-state index contributed by atoms with van der Waals surface area (Å²) in [5.74, 6) is 2.25. The maximum absolute atomic E-state index is 5.96. The van der Waals surface area contributed by atoms with E-state index in [1.807, 2.05) is 33.0 Å². The Morgan fingerprint density at radius 1 is 1.20 bits per heavy atom. The van der Waals surface area contributed by atoms with Gasteiger partial charge in [0.05, 0.1) is 0 Å². The molecule has 1 aromatic heterocycles. The summed E-state index contributed by atoms with van der Waals surface area (Å²) in [6.45, 7) is 4.78. The zero-order valence-electron chi connectivity index (χ0n) is 12.0. The van der Waals surface area contributed by atoms with Crippen LogP contribution in [0.1, 0.15) is 23.9 Å². The van der Waals surface area contributed by atoms with Crippen molar-refractivity contribution in [2.75, 3.05) is 17.7 Å². The summed E-state index contributed by atoms with van der Waals surface area (Å²) in [4.78, 5) is 11.0. The molecular formula is C15H19BrN4. The Balaban J connectivity index is 2.26. The van der Waals surface area contributed by atoms with Crippen molar-refractivity contribution in [2.45, 2.75) is 26.8 Å². The van der Waals surface area contributed by atoms with Crippen LogP contribution >= 0.6 is 15.9 Å². The fourth-order valence-electron chi connectivity index (χ4n) is 2.04. The monoisotopic (exact) mass is 334 g/mol. The van der Waals surface area contributed by atoms with Crippen molar-refractivity contribution < 1.29 is 0 Å². The smallest absolute Gasteiger partial charge is 0.137 e. The molecule has 1 heterocycles. The van der Waals surface area contributed by atoms with E-state index < -0.39 is 0 Å². The summed E-state index contributed by atoms with van der Waals surface area (Å²) >= 11 is 3.45. The van der Waals surface area contributed by atoms with Gasteiger partial charge in [-0.15, -0.1) is 0 Å². The van der Waals surface area contributed by atoms with Gasteiger partial charge in [-0.1, -0.05) is 35.0 Å². The van der Waals surface area contributed by atoms with Crippen LogP contribution < -0.4 is 10.6 Å². The Morgan fingerprint density at radius 2 is 1.85 bits per heavy atom. The van der Waals surface area contributed by atoms with Gasteiger partial charge >= 0.3 is 0 Å². The van der Waals surface area contributed by atoms with Gasteiger partial charge < -0.3 is 10.6 Å². The number of hydrogen-bond donors (Lipinski definition) is 1. The van der Waals surface area contributed by atoms with Crippen molar-refractivity contribution in [3.8, 4) is 0 Å². The molecule has 0 spiro atoms. The van der Waals surface area contributed by atoms with E-state index in [1.54, 1.807) is 0 Å². The van der Waals surface area contributed by atoms with Crippen molar-refractivity contribution in [2.24, 2.45) is 0 Å². The van der Waals surface area contributed by atoms with Crippen LogP contribution in [-0.2, 0) is 13.0 Å². The maximum Gasteiger partial charge on any atom is 0.137 e. The number of nitrogens with two attached hydrogens (primary N) is 1. The lowest BCUT2D eigenvalue weighted by molar-refractivity contribution is 0.852. The van der Waals surface area contributed by atoms with Gasteiger partial charge in [-0.3, -0.25) is 0 Å². The first kappa shape index (κ1) is 14.8. The van der Waals surface area contributed by atoms with Gasteiger partial charge in [-0.25, -0.2) is 9.97 Å². The molecule has 0 aliphatic rings. The lowest BCUT2D eigenvalue weighted by Crippen LogP contribution is -2.20. The number of hydrogen-bond acceptors (Lipinski definition) is 4. The number of benzene rings is 1. The zero-order chi connectivity index (χ0) is 14.7. The zero-order valence-corrected chi connectivity index (χ0v) is 13.6. The molecule has 0 saturated heterocycles. The van der Waals surface area contributed by atoms with Crippen LogP contribution in [0.15, 0.2) is 28.7 Å². The van der Waals surface area contributed by atoms with Gasteiger partial charge in [0, 0.05) is 30.0 Å². The van der Waals surface area contributed by atoms with Crippen molar-refractivity contribution >= 4 is 27.6 Å². The van der Waals surface area contributed by atoms with Crippen LogP contribution in [0.3, 0.4) is 0 Å². The molecule has 0 aliphatic carbocycles. The molecule has 2 aromatic rings. The molecule has 0 unspecified atom stereocenters. The normalized spacial score (nSPS) is 10.6. The largest absolute Gasteiger partial charge is 0.383 e. The molecule has 0 saturated carbocycles. The highest BCUT2D eigenvalue weighted by molar-refractivity contribution is 9.10. The summed E-state index contributed by atoms with van der Waals surface area (Å²) in [6, 6.07) is 8.28. The minimum absolute atomic E-state index is 0.564. The van der Waals surface area contributed by atoms with Crippen LogP contribution in [-0.4, -0.2) is 17.0 Å². The molecule has 106 valence electrons. The lowest BCUT2D eigenvalue weighted by Gasteiger charge is -2.21. The first-order chi connectivity index (χ1) is 9.51. The maximum atomic E-state index is 5.96. The first-order valence-electron chi connectivity index (χ1n) is 6.59. The van der Waals surface area contributed by atoms with Gasteiger partial charge in [0.1, 0.15) is 17.5 Å². The van der Waals surface area contributed by atoms with Crippen LogP contribution in [0.4, 0.5) is 11.6 Å². The molecule has 1 aromatic carbocycles. The van der Waals surface area contributed by atoms with Gasteiger partial charge in [-0.2, -0.15) is 0 Å². The quantitative estimate of drug-likeness (QED) is 0.931. The van der Waals surface area contributed by atoms with Crippen molar-refractivity contribution in [3.63, 3.8) is 0 Å². The summed E-state index contributed by atoms with van der Waals surface area (Å²) < 4.78 is 1.08. The number of halogens is 1. The minimum Gasteiger partial charge on any atom is -0.383 e. The second-order valence-corrected chi connectivity index (χ2v) is 5.73. The van der Waals surface area contributed by atoms with Crippen LogP contribution in [0.2, 0.25) is 0 Å². The molecule has 5 heteroatoms. The van der Waals surface area contributed by atoms with Gasteiger partial charge in [0.2, 0.25) is 0 Å². The number of rotatable bonds is 4. The molecule has 20 heavy (non-hydrogen) atoms. The highest BCUT2D eigenvalue weighted by Gasteiger charge is 2.12. The van der Waals surface area contributed by atoms with Crippen molar-refractivity contribution in [1.29, 1.82) is 0 Å². The summed E-state index contributed by atoms with van der Waals surface area (Å²) in [5.41, 5.74) is 8.12. The number of nitrogens with zero attached hydrogens (tertiary/aromatic N) is 3. The molecule has 0 atom stereocenters. The van der Waals surface area contributed by atoms with Crippen molar-refractivity contribution in [3.05, 3.63) is 45.7 Å². The van der Waals surface area contributed by atoms with E-state index in [2.05, 4.69) is 42.9 Å². The van der Waals surface area contributed by atoms with E-state index in [9.17, 15) is 0 Å². The Morgan fingerprint density at radius 3 is 2.45 bits per heavy atom. The van der Waals surface area contributed by atoms with E-state index in [-0.39, 0.29) is 0 Å². The van der Waals surface area contributed by atoms with E-state index in [1.165, 1.54) is 5.56 Å². The highest BCUT2D eigenvalue weighted by atomic mass is 79.9. The molecule has 0 bridgehead atoms. The number of aromatic nitrogens is 2. The Kier molecular flexibility index (Phi) is 4.60. The molecule has 0 amide bonds. The van der Waals surface area contributed by atoms with Gasteiger partial charge in [-0.05, 0) is 24.6 Å². The van der Waals surface area contributed by atoms with Crippen molar-refractivity contribution in [1.82, 2.24) is 9.97 Å². The summed E-state index contributed by atoms with van der Waals surface area (Å²) in [7, 11) is 2.02. The third-order valence-corrected chi connectivity index (χ3v) is 3.74. The third-order valence-electron chi connectivity index (χ3n) is 3.21. The predicted molar refractivity (Wildman–Crippen MR) is 86.8 cm³/mol. The summed E-state index contributed by atoms with van der Waals surface area (Å²) in [6.07, 6.45) is 0.781. The SMILES string of the molecule is CCc1nc(N)c(C)c(N(C)Cc2ccc(Br)cc2)n1. The second-order valence-electron chi connectivity index (χ2n) is 4.81. The molecule has 2 rings (SSSR count). The molecule has 2 N–H and O–H groups in total. The Hall–Kier alpha value is -1.62. The third kappa shape index (κ3) is 3.28. The lowest BCUT2D eigenvalue weighted by atomic mass is 10.2. The van der Waals surface area contributed by atoms with Crippen LogP contribution in [0.5, 0.6) is 0 Å². The first-order valence-corrected chi connectivity index (χ1v) is 7.39. The topological polar surface area (TPSA) is 55.0 Å². The molecular weight excluding hydrogens is 316 g/mol. The van der Waals surface area contributed by atoms with E-state index in [0.29, 0.717) is 5.82 Å². The fourth-order valence-corrected chi connectivity index (χ4v) is 2.30. The Bertz CT molecular complexity index is 596. The molecule has 4 nitrogen and oxygen atoms in total. The minimum atomic E-state index is 0.564. The molecule has 0 radical (unpaired) electrons. The standard InChI is InChI=1S/C15H19BrN4/c1-4-13-18-14(17)10(2)15(19-13)20(3)9-11-5-7-12(16)8-6-11/h5-8H,4,9H2,1-3H3,(H2,17,18,19). The van der Waals surface area contributed by atoms with E-state index in [4.69, 9.17) is 5.73 Å². The molecule has 0 fully saturated rings. The van der Waals surface area contributed by atoms with Crippen LogP contribution in [0, 0.1) is 6.92 Å². The predicted octanol–water partition coefficient (Wildman–Crippen LogP) is 3.33. The number of aryl methyl sites for hydroxylation is 1. The summed E-state index contributed by atoms with van der Waals surface area (Å²) in [5, 5.41) is 0. The van der Waals surface area contributed by atoms with Gasteiger partial charge in [0.15, 0.2) is 0 Å². The van der Waals surface area contributed by atoms with Crippen LogP contribution in [0.25, 0.3) is 0 Å². The average molecular weight is 335 g/mol. The number of anilines is 2. The van der Waals surface area contributed by atoms with E-state index >= 15 is 0 Å².